The minimum absolute atomic E-state index is 0.528. The van der Waals surface area contributed by atoms with Crippen molar-refractivity contribution in [2.45, 2.75) is 10.1 Å². The molecule has 0 aliphatic carbocycles. The van der Waals surface area contributed by atoms with Crippen LogP contribution in [0.15, 0.2) is 43.0 Å². The van der Waals surface area contributed by atoms with E-state index >= 15 is 0 Å². The summed E-state index contributed by atoms with van der Waals surface area (Å²) in [4.78, 5) is 0. The van der Waals surface area contributed by atoms with Crippen molar-refractivity contribution in [3.8, 4) is 11.5 Å². The Balaban J connectivity index is 1.70. The highest BCUT2D eigenvalue weighted by molar-refractivity contribution is 9.10. The summed E-state index contributed by atoms with van der Waals surface area (Å²) >= 11 is 6.41. The van der Waals surface area contributed by atoms with E-state index in [-0.39, 0.29) is 0 Å². The third kappa shape index (κ3) is 3.20. The van der Waals surface area contributed by atoms with E-state index in [2.05, 4.69) is 36.3 Å². The number of nitrogens with zero attached hydrogens (tertiary/aromatic N) is 4. The number of hydrogen-bond donors (Lipinski definition) is 0. The molecule has 3 rings (SSSR count). The Bertz CT molecular complexity index is 654. The van der Waals surface area contributed by atoms with Gasteiger partial charge in [0.05, 0.1) is 5.75 Å². The van der Waals surface area contributed by atoms with Gasteiger partial charge in [0.2, 0.25) is 11.8 Å². The largest absolute Gasteiger partial charge is 0.420 e. The number of rotatable bonds is 4. The van der Waals surface area contributed by atoms with Crippen LogP contribution in [0.25, 0.3) is 11.5 Å². The van der Waals surface area contributed by atoms with Gasteiger partial charge in [0.1, 0.15) is 5.51 Å². The molecule has 0 aliphatic rings. The monoisotopic (exact) mass is 354 g/mol. The van der Waals surface area contributed by atoms with Gasteiger partial charge in [-0.15, -0.1) is 20.4 Å². The fourth-order valence-electron chi connectivity index (χ4n) is 1.37. The standard InChI is InChI=1S/C11H7BrN4OS2/c12-8-3-1-7(2-4-8)10-15-14-9(17-10)5-18-11-16-13-6-19-11/h1-4,6H,5H2. The topological polar surface area (TPSA) is 64.7 Å². The molecule has 96 valence electrons. The van der Waals surface area contributed by atoms with Crippen LogP contribution >= 0.6 is 39.0 Å². The van der Waals surface area contributed by atoms with Crippen molar-refractivity contribution in [1.29, 1.82) is 0 Å². The molecule has 5 nitrogen and oxygen atoms in total. The number of thioether (sulfide) groups is 1. The predicted octanol–water partition coefficient (Wildman–Crippen LogP) is 3.64. The summed E-state index contributed by atoms with van der Waals surface area (Å²) in [5, 5.41) is 15.8. The van der Waals surface area contributed by atoms with Crippen LogP contribution < -0.4 is 0 Å². The molecule has 0 aliphatic heterocycles. The first-order valence-electron chi connectivity index (χ1n) is 5.28. The Kier molecular flexibility index (Phi) is 3.90. The van der Waals surface area contributed by atoms with E-state index in [1.54, 1.807) is 5.51 Å². The molecule has 0 N–H and O–H groups in total. The molecule has 0 amide bonds. The van der Waals surface area contributed by atoms with Crippen LogP contribution in [-0.4, -0.2) is 20.4 Å². The highest BCUT2D eigenvalue weighted by atomic mass is 79.9. The van der Waals surface area contributed by atoms with E-state index in [1.165, 1.54) is 23.1 Å². The summed E-state index contributed by atoms with van der Waals surface area (Å²) in [6.07, 6.45) is 0. The van der Waals surface area contributed by atoms with Crippen LogP contribution in [0, 0.1) is 0 Å². The van der Waals surface area contributed by atoms with Crippen molar-refractivity contribution >= 4 is 39.0 Å². The quantitative estimate of drug-likeness (QED) is 0.666. The number of hydrogen-bond acceptors (Lipinski definition) is 7. The highest BCUT2D eigenvalue weighted by Crippen LogP contribution is 2.25. The summed E-state index contributed by atoms with van der Waals surface area (Å²) in [5.41, 5.74) is 2.60. The molecule has 0 radical (unpaired) electrons. The van der Waals surface area contributed by atoms with Gasteiger partial charge in [-0.05, 0) is 24.3 Å². The van der Waals surface area contributed by atoms with Gasteiger partial charge in [0, 0.05) is 10.0 Å². The Morgan fingerprint density at radius 2 is 2.00 bits per heavy atom. The van der Waals surface area contributed by atoms with Gasteiger partial charge in [-0.2, -0.15) is 0 Å². The number of benzene rings is 1. The van der Waals surface area contributed by atoms with Crippen LogP contribution in [-0.2, 0) is 5.75 Å². The SMILES string of the molecule is Brc1ccc(-c2nnc(CSc3nncs3)o2)cc1. The lowest BCUT2D eigenvalue weighted by Crippen LogP contribution is -1.79. The zero-order valence-electron chi connectivity index (χ0n) is 9.49. The average molecular weight is 355 g/mol. The van der Waals surface area contributed by atoms with E-state index in [1.807, 2.05) is 24.3 Å². The first-order valence-corrected chi connectivity index (χ1v) is 7.94. The Labute approximate surface area is 125 Å². The Morgan fingerprint density at radius 3 is 2.74 bits per heavy atom. The molecular weight excluding hydrogens is 348 g/mol. The second kappa shape index (κ2) is 5.81. The molecule has 3 aromatic rings. The molecule has 0 fully saturated rings. The molecule has 19 heavy (non-hydrogen) atoms. The molecule has 0 atom stereocenters. The van der Waals surface area contributed by atoms with Crippen LogP contribution in [0.3, 0.4) is 0 Å². The molecular formula is C11H7BrN4OS2. The highest BCUT2D eigenvalue weighted by Gasteiger charge is 2.09. The lowest BCUT2D eigenvalue weighted by molar-refractivity contribution is 0.528. The Hall–Kier alpha value is -1.25. The summed E-state index contributed by atoms with van der Waals surface area (Å²) in [6, 6.07) is 7.74. The average Bonchev–Trinajstić information content (AvgIpc) is 3.09. The van der Waals surface area contributed by atoms with E-state index in [9.17, 15) is 0 Å². The van der Waals surface area contributed by atoms with E-state index in [0.717, 1.165) is 14.4 Å². The fraction of sp³-hybridized carbons (Fsp3) is 0.0909. The van der Waals surface area contributed by atoms with Gasteiger partial charge in [-0.1, -0.05) is 39.0 Å². The second-order valence-corrected chi connectivity index (χ2v) is 6.47. The maximum atomic E-state index is 5.61. The van der Waals surface area contributed by atoms with Crippen molar-refractivity contribution in [2.24, 2.45) is 0 Å². The van der Waals surface area contributed by atoms with Crippen LogP contribution in [0.2, 0.25) is 0 Å². The molecule has 2 heterocycles. The van der Waals surface area contributed by atoms with E-state index < -0.39 is 0 Å². The van der Waals surface area contributed by atoms with Crippen LogP contribution in [0.1, 0.15) is 5.89 Å². The van der Waals surface area contributed by atoms with Gasteiger partial charge in [0.15, 0.2) is 4.34 Å². The molecule has 0 unspecified atom stereocenters. The van der Waals surface area contributed by atoms with Gasteiger partial charge < -0.3 is 4.42 Å². The molecule has 0 saturated heterocycles. The normalized spacial score (nSPS) is 10.8. The summed E-state index contributed by atoms with van der Waals surface area (Å²) < 4.78 is 7.51. The van der Waals surface area contributed by atoms with Gasteiger partial charge in [-0.25, -0.2) is 0 Å². The summed E-state index contributed by atoms with van der Waals surface area (Å²) in [5.74, 6) is 1.71. The number of aromatic nitrogens is 4. The van der Waals surface area contributed by atoms with Gasteiger partial charge >= 0.3 is 0 Å². The molecule has 0 saturated carbocycles. The summed E-state index contributed by atoms with van der Waals surface area (Å²) in [6.45, 7) is 0. The second-order valence-electron chi connectivity index (χ2n) is 3.50. The fourth-order valence-corrected chi connectivity index (χ4v) is 2.96. The molecule has 0 spiro atoms. The van der Waals surface area contributed by atoms with Crippen molar-refractivity contribution in [1.82, 2.24) is 20.4 Å². The Morgan fingerprint density at radius 1 is 1.16 bits per heavy atom. The smallest absolute Gasteiger partial charge is 0.247 e. The van der Waals surface area contributed by atoms with Gasteiger partial charge in [0.25, 0.3) is 0 Å². The third-order valence-corrected chi connectivity index (χ3v) is 4.59. The molecule has 2 aromatic heterocycles. The lowest BCUT2D eigenvalue weighted by Gasteiger charge is -1.94. The minimum Gasteiger partial charge on any atom is -0.420 e. The zero-order chi connectivity index (χ0) is 13.1. The van der Waals surface area contributed by atoms with Crippen molar-refractivity contribution in [2.75, 3.05) is 0 Å². The van der Waals surface area contributed by atoms with Crippen molar-refractivity contribution in [3.63, 3.8) is 0 Å². The lowest BCUT2D eigenvalue weighted by atomic mass is 10.2. The molecule has 0 bridgehead atoms. The van der Waals surface area contributed by atoms with Crippen LogP contribution in [0.4, 0.5) is 0 Å². The predicted molar refractivity (Wildman–Crippen MR) is 76.9 cm³/mol. The molecule has 8 heteroatoms. The minimum atomic E-state index is 0.528. The summed E-state index contributed by atoms with van der Waals surface area (Å²) in [7, 11) is 0. The first-order chi connectivity index (χ1) is 9.31. The third-order valence-electron chi connectivity index (χ3n) is 2.22. The first kappa shape index (κ1) is 12.8. The maximum absolute atomic E-state index is 5.61. The zero-order valence-corrected chi connectivity index (χ0v) is 12.7. The van der Waals surface area contributed by atoms with Crippen molar-refractivity contribution in [3.05, 3.63) is 40.1 Å². The van der Waals surface area contributed by atoms with Gasteiger partial charge in [-0.3, -0.25) is 0 Å². The van der Waals surface area contributed by atoms with E-state index in [4.69, 9.17) is 4.42 Å². The van der Waals surface area contributed by atoms with Crippen molar-refractivity contribution < 1.29 is 4.42 Å². The van der Waals surface area contributed by atoms with Crippen LogP contribution in [0.5, 0.6) is 0 Å². The number of halogens is 1. The maximum Gasteiger partial charge on any atom is 0.247 e. The molecule has 1 aromatic carbocycles. The van der Waals surface area contributed by atoms with E-state index in [0.29, 0.717) is 17.5 Å².